The minimum absolute atomic E-state index is 0.300. The molecule has 0 aliphatic carbocycles. The van der Waals surface area contributed by atoms with Gasteiger partial charge in [0.05, 0.1) is 15.8 Å². The van der Waals surface area contributed by atoms with Crippen LogP contribution in [0, 0.1) is 10.1 Å². The van der Waals surface area contributed by atoms with Crippen LogP contribution in [0.25, 0.3) is 0 Å². The third-order valence-corrected chi connectivity index (χ3v) is 1.16. The highest BCUT2D eigenvalue weighted by atomic mass is 16.7. The van der Waals surface area contributed by atoms with Gasteiger partial charge in [0, 0.05) is 0 Å². The van der Waals surface area contributed by atoms with Gasteiger partial charge in [-0.3, -0.25) is 0 Å². The van der Waals surface area contributed by atoms with Gasteiger partial charge in [-0.15, -0.1) is 0 Å². The molecule has 0 unspecified atom stereocenters. The van der Waals surface area contributed by atoms with Crippen LogP contribution in [0.2, 0.25) is 0 Å². The van der Waals surface area contributed by atoms with Crippen LogP contribution >= 0.6 is 0 Å². The van der Waals surface area contributed by atoms with Crippen molar-refractivity contribution in [1.82, 2.24) is 0 Å². The van der Waals surface area contributed by atoms with Crippen molar-refractivity contribution in [3.05, 3.63) is 34.4 Å². The van der Waals surface area contributed by atoms with Crippen molar-refractivity contribution in [2.75, 3.05) is 5.73 Å². The monoisotopic (exact) mass is 166 g/mol. The second-order valence-electron chi connectivity index (χ2n) is 1.99. The van der Waals surface area contributed by atoms with Crippen molar-refractivity contribution < 1.29 is 5.03 Å². The maximum atomic E-state index is 9.79. The molecule has 6 nitrogen and oxygen atoms in total. The maximum Gasteiger partial charge on any atom is 0.226 e. The number of nitrogens with two attached hydrogens (primary N) is 1. The molecule has 0 radical (unpaired) electrons. The van der Waals surface area contributed by atoms with E-state index in [1.54, 1.807) is 24.3 Å². The number of anilines is 1. The van der Waals surface area contributed by atoms with Crippen molar-refractivity contribution in [3.8, 4) is 0 Å². The van der Waals surface area contributed by atoms with Crippen LogP contribution in [-0.4, -0.2) is 5.03 Å². The van der Waals surface area contributed by atoms with Gasteiger partial charge in [0.15, 0.2) is 5.22 Å². The Morgan fingerprint density at radius 1 is 1.42 bits per heavy atom. The number of para-hydroxylation sites is 1. The maximum absolute atomic E-state index is 9.79. The average Bonchev–Trinajstić information content (AvgIpc) is 2.03. The number of benzene rings is 1. The molecule has 0 saturated carbocycles. The summed E-state index contributed by atoms with van der Waals surface area (Å²) < 4.78 is 0. The molecule has 2 N–H and O–H groups in total. The predicted molar refractivity (Wildman–Crippen MR) is 42.4 cm³/mol. The van der Waals surface area contributed by atoms with Crippen LogP contribution in [0.1, 0.15) is 0 Å². The highest BCUT2D eigenvalue weighted by Gasteiger charge is 2.01. The summed E-state index contributed by atoms with van der Waals surface area (Å²) in [6.07, 6.45) is 0. The zero-order chi connectivity index (χ0) is 8.97. The molecule has 0 atom stereocenters. The largest absolute Gasteiger partial charge is 0.395 e. The van der Waals surface area contributed by atoms with Gasteiger partial charge < -0.3 is 15.8 Å². The number of rotatable bonds is 2. The molecule has 1 aromatic carbocycles. The Kier molecular flexibility index (Phi) is 2.32. The Labute approximate surface area is 67.8 Å². The topological polar surface area (TPSA) is 93.9 Å². The molecule has 0 spiro atoms. The van der Waals surface area contributed by atoms with Crippen LogP contribution in [0.15, 0.2) is 34.6 Å². The summed E-state index contributed by atoms with van der Waals surface area (Å²) in [6.45, 7) is 0. The summed E-state index contributed by atoms with van der Waals surface area (Å²) in [5.41, 5.74) is 6.09. The second kappa shape index (κ2) is 3.42. The molecule has 1 rings (SSSR count). The van der Waals surface area contributed by atoms with Crippen molar-refractivity contribution >= 4 is 11.4 Å². The Balaban J connectivity index is 2.89. The van der Waals surface area contributed by atoms with Crippen LogP contribution in [0.5, 0.6) is 0 Å². The molecule has 0 bridgehead atoms. The number of hydrogen-bond acceptors (Lipinski definition) is 4. The number of nitro groups is 1. The van der Waals surface area contributed by atoms with Gasteiger partial charge in [0.1, 0.15) is 0 Å². The van der Waals surface area contributed by atoms with Crippen molar-refractivity contribution in [2.24, 2.45) is 10.3 Å². The van der Waals surface area contributed by atoms with Crippen LogP contribution in [0.3, 0.4) is 0 Å². The first-order valence-corrected chi connectivity index (χ1v) is 3.10. The highest BCUT2D eigenvalue weighted by molar-refractivity contribution is 5.61. The molecule has 1 aromatic rings. The molecule has 6 heteroatoms. The average molecular weight is 166 g/mol. The Bertz CT molecular complexity index is 323. The van der Waals surface area contributed by atoms with E-state index in [4.69, 9.17) is 5.73 Å². The van der Waals surface area contributed by atoms with Crippen LogP contribution in [0.4, 0.5) is 11.4 Å². The Morgan fingerprint density at radius 2 is 2.08 bits per heavy atom. The van der Waals surface area contributed by atoms with Gasteiger partial charge in [-0.2, -0.15) is 0 Å². The van der Waals surface area contributed by atoms with Crippen molar-refractivity contribution in [3.63, 3.8) is 0 Å². The molecule has 0 aromatic heterocycles. The molecule has 0 amide bonds. The van der Waals surface area contributed by atoms with Gasteiger partial charge in [0.25, 0.3) is 0 Å². The number of hydrogen-bond donors (Lipinski definition) is 1. The van der Waals surface area contributed by atoms with Crippen molar-refractivity contribution in [1.29, 1.82) is 0 Å². The fraction of sp³-hybridized carbons (Fsp3) is 0. The summed E-state index contributed by atoms with van der Waals surface area (Å²) in [4.78, 5) is 9.79. The van der Waals surface area contributed by atoms with Gasteiger partial charge in [-0.05, 0) is 12.1 Å². The van der Waals surface area contributed by atoms with Crippen molar-refractivity contribution in [2.45, 2.75) is 0 Å². The van der Waals surface area contributed by atoms with Gasteiger partial charge in [-0.1, -0.05) is 12.1 Å². The van der Waals surface area contributed by atoms with E-state index in [-0.39, 0.29) is 0 Å². The minimum Gasteiger partial charge on any atom is -0.395 e. The molecule has 0 aliphatic rings. The quantitative estimate of drug-likeness (QED) is 0.312. The summed E-state index contributed by atoms with van der Waals surface area (Å²) in [7, 11) is 0. The normalized spacial score (nSPS) is 10.3. The summed E-state index contributed by atoms with van der Waals surface area (Å²) in [5.74, 6) is 0. The lowest BCUT2D eigenvalue weighted by atomic mass is 10.3. The smallest absolute Gasteiger partial charge is 0.226 e. The minimum atomic E-state index is -0.883. The van der Waals surface area contributed by atoms with E-state index in [1.165, 1.54) is 0 Å². The summed E-state index contributed by atoms with van der Waals surface area (Å²) >= 11 is 0. The zero-order valence-electron chi connectivity index (χ0n) is 6.04. The van der Waals surface area contributed by atoms with E-state index in [9.17, 15) is 10.1 Å². The molecule has 0 aliphatic heterocycles. The van der Waals surface area contributed by atoms with Gasteiger partial charge >= 0.3 is 0 Å². The first-order chi connectivity index (χ1) is 5.70. The summed E-state index contributed by atoms with van der Waals surface area (Å²) in [5, 5.41) is 14.9. The number of nitrogens with zero attached hydrogens (tertiary/aromatic N) is 3. The third-order valence-electron chi connectivity index (χ3n) is 1.16. The lowest BCUT2D eigenvalue weighted by molar-refractivity contribution is -0.493. The predicted octanol–water partition coefficient (Wildman–Crippen LogP) is 1.54. The van der Waals surface area contributed by atoms with E-state index < -0.39 is 5.03 Å². The molecule has 62 valence electrons. The SMILES string of the molecule is Nc1ccccc1N=N[N+](=O)[O-]. The summed E-state index contributed by atoms with van der Waals surface area (Å²) in [6, 6.07) is 6.52. The molecule has 0 heterocycles. The van der Waals surface area contributed by atoms with Crippen LogP contribution < -0.4 is 5.73 Å². The fourth-order valence-electron chi connectivity index (χ4n) is 0.663. The molecule has 0 saturated heterocycles. The van der Waals surface area contributed by atoms with Gasteiger partial charge in [-0.25, -0.2) is 0 Å². The van der Waals surface area contributed by atoms with E-state index in [2.05, 4.69) is 10.3 Å². The van der Waals surface area contributed by atoms with E-state index in [0.717, 1.165) is 0 Å². The zero-order valence-corrected chi connectivity index (χ0v) is 6.04. The molecular weight excluding hydrogens is 160 g/mol. The second-order valence-corrected chi connectivity index (χ2v) is 1.99. The Hall–Kier alpha value is -1.98. The Morgan fingerprint density at radius 3 is 2.67 bits per heavy atom. The first-order valence-electron chi connectivity index (χ1n) is 3.10. The number of nitrogen functional groups attached to an aromatic ring is 1. The standard InChI is InChI=1S/C6H6N4O2/c7-5-3-1-2-4-6(5)8-9-10(11)12/h1-4H,7H2. The lowest BCUT2D eigenvalue weighted by Crippen LogP contribution is -1.85. The van der Waals surface area contributed by atoms with E-state index in [1.807, 2.05) is 0 Å². The molecular formula is C6H6N4O2. The van der Waals surface area contributed by atoms with Crippen LogP contribution in [-0.2, 0) is 0 Å². The molecule has 12 heavy (non-hydrogen) atoms. The fourth-order valence-corrected chi connectivity index (χ4v) is 0.663. The molecule has 0 fully saturated rings. The van der Waals surface area contributed by atoms with E-state index in [0.29, 0.717) is 11.4 Å². The van der Waals surface area contributed by atoms with E-state index >= 15 is 0 Å². The first kappa shape index (κ1) is 8.12. The lowest BCUT2D eigenvalue weighted by Gasteiger charge is -1.88. The third kappa shape index (κ3) is 2.01. The highest BCUT2D eigenvalue weighted by Crippen LogP contribution is 2.20. The van der Waals surface area contributed by atoms with Gasteiger partial charge in [0.2, 0.25) is 5.69 Å².